The van der Waals surface area contributed by atoms with Gasteiger partial charge in [0.15, 0.2) is 5.96 Å². The van der Waals surface area contributed by atoms with Gasteiger partial charge in [0.05, 0.1) is 6.61 Å². The van der Waals surface area contributed by atoms with Crippen LogP contribution in [-0.4, -0.2) is 55.5 Å². The summed E-state index contributed by atoms with van der Waals surface area (Å²) in [6.07, 6.45) is 3.76. The summed E-state index contributed by atoms with van der Waals surface area (Å²) in [4.78, 5) is 8.25. The topological polar surface area (TPSA) is 36.9 Å². The van der Waals surface area contributed by atoms with Crippen LogP contribution in [0.3, 0.4) is 0 Å². The van der Waals surface area contributed by atoms with E-state index in [0.29, 0.717) is 10.7 Å². The number of nitrogens with one attached hydrogen (secondary N) is 1. The minimum absolute atomic E-state index is 0.349. The Morgan fingerprint density at radius 3 is 2.83 bits per heavy atom. The van der Waals surface area contributed by atoms with Crippen LogP contribution >= 0.6 is 11.8 Å². The molecule has 132 valence electrons. The van der Waals surface area contributed by atoms with Gasteiger partial charge in [-0.2, -0.15) is 0 Å². The van der Waals surface area contributed by atoms with Crippen molar-refractivity contribution in [1.29, 1.82) is 0 Å². The van der Waals surface area contributed by atoms with E-state index in [1.165, 1.54) is 24.2 Å². The fourth-order valence-corrected chi connectivity index (χ4v) is 4.45. The van der Waals surface area contributed by atoms with E-state index in [0.717, 1.165) is 38.8 Å². The standard InChI is InChI=1S/C19H29N3OS/c1-3-23-14-16-9-12-22(13-16)18(20-2)21-15-19(10-11-19)24-17-7-5-4-6-8-17/h4-8,16H,3,9-15H2,1-2H3,(H,20,21). The summed E-state index contributed by atoms with van der Waals surface area (Å²) < 4.78 is 5.93. The number of rotatable bonds is 7. The summed E-state index contributed by atoms with van der Waals surface area (Å²) in [7, 11) is 1.89. The van der Waals surface area contributed by atoms with Crippen molar-refractivity contribution in [3.8, 4) is 0 Å². The molecule has 1 saturated carbocycles. The average molecular weight is 348 g/mol. The predicted molar refractivity (Wildman–Crippen MR) is 102 cm³/mol. The summed E-state index contributed by atoms with van der Waals surface area (Å²) >= 11 is 2.01. The van der Waals surface area contributed by atoms with Crippen molar-refractivity contribution in [3.63, 3.8) is 0 Å². The van der Waals surface area contributed by atoms with E-state index in [2.05, 4.69) is 52.5 Å². The molecule has 1 unspecified atom stereocenters. The van der Waals surface area contributed by atoms with Gasteiger partial charge in [0.25, 0.3) is 0 Å². The van der Waals surface area contributed by atoms with Crippen LogP contribution in [0.2, 0.25) is 0 Å². The summed E-state index contributed by atoms with van der Waals surface area (Å²) in [5.74, 6) is 1.69. The quantitative estimate of drug-likeness (QED) is 0.607. The highest BCUT2D eigenvalue weighted by molar-refractivity contribution is 8.01. The number of aliphatic imine (C=N–C) groups is 1. The molecule has 2 fully saturated rings. The second kappa shape index (κ2) is 8.26. The fourth-order valence-electron chi connectivity index (χ4n) is 3.21. The van der Waals surface area contributed by atoms with Crippen LogP contribution in [0, 0.1) is 5.92 Å². The lowest BCUT2D eigenvalue weighted by atomic mass is 10.1. The Labute approximate surface area is 150 Å². The third kappa shape index (κ3) is 4.67. The number of benzene rings is 1. The van der Waals surface area contributed by atoms with Crippen molar-refractivity contribution in [2.24, 2.45) is 10.9 Å². The molecule has 1 aromatic carbocycles. The molecule has 0 amide bonds. The van der Waals surface area contributed by atoms with Crippen molar-refractivity contribution >= 4 is 17.7 Å². The van der Waals surface area contributed by atoms with E-state index in [9.17, 15) is 0 Å². The molecule has 1 heterocycles. The van der Waals surface area contributed by atoms with Gasteiger partial charge >= 0.3 is 0 Å². The van der Waals surface area contributed by atoms with Crippen LogP contribution in [0.5, 0.6) is 0 Å². The lowest BCUT2D eigenvalue weighted by molar-refractivity contribution is 0.114. The zero-order chi connectivity index (χ0) is 16.8. The van der Waals surface area contributed by atoms with E-state index in [1.54, 1.807) is 0 Å². The molecule has 1 aliphatic heterocycles. The first-order chi connectivity index (χ1) is 11.7. The molecule has 4 nitrogen and oxygen atoms in total. The first-order valence-electron chi connectivity index (χ1n) is 9.02. The summed E-state index contributed by atoms with van der Waals surface area (Å²) in [6.45, 7) is 6.87. The molecule has 3 rings (SSSR count). The lowest BCUT2D eigenvalue weighted by Crippen LogP contribution is -2.43. The lowest BCUT2D eigenvalue weighted by Gasteiger charge is -2.24. The largest absolute Gasteiger partial charge is 0.381 e. The molecule has 5 heteroatoms. The van der Waals surface area contributed by atoms with Gasteiger partial charge in [-0.25, -0.2) is 0 Å². The van der Waals surface area contributed by atoms with Crippen molar-refractivity contribution in [3.05, 3.63) is 30.3 Å². The molecule has 0 radical (unpaired) electrons. The minimum atomic E-state index is 0.349. The second-order valence-electron chi connectivity index (χ2n) is 6.76. The summed E-state index contributed by atoms with van der Waals surface area (Å²) in [5.41, 5.74) is 0. The zero-order valence-electron chi connectivity index (χ0n) is 14.8. The normalized spacial score (nSPS) is 22.7. The molecule has 0 spiro atoms. The van der Waals surface area contributed by atoms with E-state index >= 15 is 0 Å². The molecule has 24 heavy (non-hydrogen) atoms. The van der Waals surface area contributed by atoms with Gasteiger partial charge in [-0.15, -0.1) is 11.8 Å². The number of hydrogen-bond donors (Lipinski definition) is 1. The minimum Gasteiger partial charge on any atom is -0.381 e. The maximum Gasteiger partial charge on any atom is 0.193 e. The van der Waals surface area contributed by atoms with Crippen LogP contribution in [0.15, 0.2) is 40.2 Å². The van der Waals surface area contributed by atoms with Gasteiger partial charge < -0.3 is 15.0 Å². The number of guanidine groups is 1. The number of nitrogens with zero attached hydrogens (tertiary/aromatic N) is 2. The molecule has 0 aromatic heterocycles. The molecule has 2 aliphatic rings. The molecule has 1 aromatic rings. The van der Waals surface area contributed by atoms with Crippen molar-refractivity contribution in [1.82, 2.24) is 10.2 Å². The van der Waals surface area contributed by atoms with Gasteiger partial charge in [0, 0.05) is 48.8 Å². The molecule has 1 atom stereocenters. The highest BCUT2D eigenvalue weighted by Gasteiger charge is 2.44. The monoisotopic (exact) mass is 347 g/mol. The third-order valence-corrected chi connectivity index (χ3v) is 6.30. The van der Waals surface area contributed by atoms with Gasteiger partial charge in [-0.1, -0.05) is 18.2 Å². The Bertz CT molecular complexity index is 545. The molecule has 0 bridgehead atoms. The Balaban J connectivity index is 1.48. The maximum atomic E-state index is 5.58. The van der Waals surface area contributed by atoms with Crippen molar-refractivity contribution in [2.75, 3.05) is 39.9 Å². The molecule has 1 saturated heterocycles. The summed E-state index contributed by atoms with van der Waals surface area (Å²) in [6, 6.07) is 10.7. The van der Waals surface area contributed by atoms with E-state index in [4.69, 9.17) is 4.74 Å². The summed E-state index contributed by atoms with van der Waals surface area (Å²) in [5, 5.41) is 3.63. The second-order valence-corrected chi connectivity index (χ2v) is 8.30. The number of ether oxygens (including phenoxy) is 1. The maximum absolute atomic E-state index is 5.58. The molecular formula is C19H29N3OS. The first-order valence-corrected chi connectivity index (χ1v) is 9.84. The van der Waals surface area contributed by atoms with Gasteiger partial charge in [0.2, 0.25) is 0 Å². The molecule has 1 N–H and O–H groups in total. The van der Waals surface area contributed by atoms with Gasteiger partial charge in [-0.3, -0.25) is 4.99 Å². The van der Waals surface area contributed by atoms with E-state index in [-0.39, 0.29) is 0 Å². The van der Waals surface area contributed by atoms with Crippen LogP contribution in [0.1, 0.15) is 26.2 Å². The van der Waals surface area contributed by atoms with Crippen LogP contribution in [-0.2, 0) is 4.74 Å². The van der Waals surface area contributed by atoms with Crippen LogP contribution in [0.25, 0.3) is 0 Å². The molecular weight excluding hydrogens is 318 g/mol. The van der Waals surface area contributed by atoms with Crippen LogP contribution < -0.4 is 5.32 Å². The van der Waals surface area contributed by atoms with E-state index < -0.39 is 0 Å². The average Bonchev–Trinajstić information content (AvgIpc) is 3.20. The molecule has 1 aliphatic carbocycles. The Hall–Kier alpha value is -1.20. The number of hydrogen-bond acceptors (Lipinski definition) is 3. The Morgan fingerprint density at radius 2 is 2.17 bits per heavy atom. The Morgan fingerprint density at radius 1 is 1.38 bits per heavy atom. The smallest absolute Gasteiger partial charge is 0.193 e. The van der Waals surface area contributed by atoms with Gasteiger partial charge in [-0.05, 0) is 38.3 Å². The number of likely N-dealkylation sites (tertiary alicyclic amines) is 1. The fraction of sp³-hybridized carbons (Fsp3) is 0.632. The highest BCUT2D eigenvalue weighted by atomic mass is 32.2. The zero-order valence-corrected chi connectivity index (χ0v) is 15.6. The SMILES string of the molecule is CCOCC1CCN(C(=NC)NCC2(Sc3ccccc3)CC2)C1. The highest BCUT2D eigenvalue weighted by Crippen LogP contribution is 2.51. The first kappa shape index (κ1) is 17.6. The van der Waals surface area contributed by atoms with Gasteiger partial charge in [0.1, 0.15) is 0 Å². The Kier molecular flexibility index (Phi) is 6.06. The van der Waals surface area contributed by atoms with Crippen molar-refractivity contribution < 1.29 is 4.74 Å². The number of thioether (sulfide) groups is 1. The van der Waals surface area contributed by atoms with E-state index in [1.807, 2.05) is 18.8 Å². The third-order valence-electron chi connectivity index (χ3n) is 4.81. The van der Waals surface area contributed by atoms with Crippen molar-refractivity contribution in [2.45, 2.75) is 35.8 Å². The van der Waals surface area contributed by atoms with Crippen LogP contribution in [0.4, 0.5) is 0 Å². The predicted octanol–water partition coefficient (Wildman–Crippen LogP) is 3.25.